The Kier molecular flexibility index (Phi) is 7.04. The lowest BCUT2D eigenvalue weighted by molar-refractivity contribution is -0.117. The number of amides is 1. The third-order valence-electron chi connectivity index (χ3n) is 5.21. The standard InChI is InChI=1S/C23H26BrN3O3/c24-19-15-21-22(30-14-13-29-21)16-20(19)25-23(28)17-27-11-9-26(10-12-27)8-4-7-18-5-2-1-3-6-18/h1-7,15-16H,8-14,17H2,(H,25,28)/b7-4+. The first-order chi connectivity index (χ1) is 14.7. The zero-order chi connectivity index (χ0) is 20.8. The molecule has 2 aliphatic rings. The van der Waals surface area contributed by atoms with Crippen molar-refractivity contribution in [2.45, 2.75) is 0 Å². The molecular formula is C23H26BrN3O3. The van der Waals surface area contributed by atoms with Gasteiger partial charge in [-0.15, -0.1) is 0 Å². The summed E-state index contributed by atoms with van der Waals surface area (Å²) in [5.74, 6) is 1.34. The summed E-state index contributed by atoms with van der Waals surface area (Å²) in [5.41, 5.74) is 1.92. The molecule has 0 saturated carbocycles. The van der Waals surface area contributed by atoms with Crippen molar-refractivity contribution in [2.75, 3.05) is 57.8 Å². The van der Waals surface area contributed by atoms with Crippen molar-refractivity contribution in [3.63, 3.8) is 0 Å². The molecule has 1 amide bonds. The number of hydrogen-bond acceptors (Lipinski definition) is 5. The molecule has 1 fully saturated rings. The van der Waals surface area contributed by atoms with Crippen LogP contribution in [0.5, 0.6) is 11.5 Å². The molecule has 0 atom stereocenters. The van der Waals surface area contributed by atoms with Crippen LogP contribution >= 0.6 is 15.9 Å². The molecule has 1 saturated heterocycles. The van der Waals surface area contributed by atoms with Crippen LogP contribution in [-0.4, -0.2) is 68.2 Å². The molecule has 2 heterocycles. The van der Waals surface area contributed by atoms with Gasteiger partial charge in [0, 0.05) is 49.3 Å². The molecule has 30 heavy (non-hydrogen) atoms. The quantitative estimate of drug-likeness (QED) is 0.698. The Morgan fingerprint density at radius 3 is 2.40 bits per heavy atom. The Labute approximate surface area is 185 Å². The van der Waals surface area contributed by atoms with Gasteiger partial charge in [-0.3, -0.25) is 14.6 Å². The van der Waals surface area contributed by atoms with E-state index in [0.717, 1.165) is 37.2 Å². The zero-order valence-electron chi connectivity index (χ0n) is 16.9. The molecule has 4 rings (SSSR count). The van der Waals surface area contributed by atoms with E-state index in [2.05, 4.69) is 55.3 Å². The Bertz CT molecular complexity index is 896. The molecule has 0 aromatic heterocycles. The molecule has 0 bridgehead atoms. The first-order valence-electron chi connectivity index (χ1n) is 10.2. The van der Waals surface area contributed by atoms with E-state index in [4.69, 9.17) is 9.47 Å². The van der Waals surface area contributed by atoms with Gasteiger partial charge in [0.05, 0.1) is 12.2 Å². The zero-order valence-corrected chi connectivity index (χ0v) is 18.4. The van der Waals surface area contributed by atoms with E-state index in [1.54, 1.807) is 0 Å². The number of anilines is 1. The van der Waals surface area contributed by atoms with Gasteiger partial charge in [0.25, 0.3) is 0 Å². The highest BCUT2D eigenvalue weighted by molar-refractivity contribution is 9.10. The monoisotopic (exact) mass is 471 g/mol. The summed E-state index contributed by atoms with van der Waals surface area (Å²) in [7, 11) is 0. The Hall–Kier alpha value is -2.35. The average molecular weight is 472 g/mol. The van der Waals surface area contributed by atoms with Crippen molar-refractivity contribution in [2.24, 2.45) is 0 Å². The third-order valence-corrected chi connectivity index (χ3v) is 5.87. The number of benzene rings is 2. The summed E-state index contributed by atoms with van der Waals surface area (Å²) in [6.07, 6.45) is 4.36. The molecule has 1 N–H and O–H groups in total. The minimum absolute atomic E-state index is 0.0233. The minimum Gasteiger partial charge on any atom is -0.486 e. The first kappa shape index (κ1) is 20.9. The molecule has 7 heteroatoms. The van der Waals surface area contributed by atoms with Crippen molar-refractivity contribution in [3.8, 4) is 11.5 Å². The predicted octanol–water partition coefficient (Wildman–Crippen LogP) is 3.49. The van der Waals surface area contributed by atoms with E-state index < -0.39 is 0 Å². The van der Waals surface area contributed by atoms with E-state index in [1.807, 2.05) is 30.3 Å². The summed E-state index contributed by atoms with van der Waals surface area (Å²) < 4.78 is 12.0. The van der Waals surface area contributed by atoms with Crippen LogP contribution in [0.3, 0.4) is 0 Å². The molecule has 0 radical (unpaired) electrons. The van der Waals surface area contributed by atoms with Crippen molar-refractivity contribution in [3.05, 3.63) is 58.6 Å². The third kappa shape index (κ3) is 5.62. The van der Waals surface area contributed by atoms with Crippen LogP contribution in [0.25, 0.3) is 6.08 Å². The molecule has 0 aliphatic carbocycles. The molecule has 158 valence electrons. The van der Waals surface area contributed by atoms with E-state index in [-0.39, 0.29) is 5.91 Å². The van der Waals surface area contributed by atoms with Gasteiger partial charge < -0.3 is 14.8 Å². The highest BCUT2D eigenvalue weighted by Gasteiger charge is 2.20. The predicted molar refractivity (Wildman–Crippen MR) is 122 cm³/mol. The Morgan fingerprint density at radius 1 is 1.00 bits per heavy atom. The summed E-state index contributed by atoms with van der Waals surface area (Å²) in [6, 6.07) is 14.0. The van der Waals surface area contributed by atoms with Gasteiger partial charge in [0.1, 0.15) is 13.2 Å². The van der Waals surface area contributed by atoms with Crippen molar-refractivity contribution < 1.29 is 14.3 Å². The number of rotatable bonds is 6. The number of nitrogens with one attached hydrogen (secondary N) is 1. The number of piperazine rings is 1. The maximum atomic E-state index is 12.5. The van der Waals surface area contributed by atoms with Crippen LogP contribution in [0.1, 0.15) is 5.56 Å². The molecular weight excluding hydrogens is 446 g/mol. The molecule has 6 nitrogen and oxygen atoms in total. The Balaban J connectivity index is 1.22. The highest BCUT2D eigenvalue weighted by Crippen LogP contribution is 2.38. The topological polar surface area (TPSA) is 54.0 Å². The number of halogens is 1. The first-order valence-corrected chi connectivity index (χ1v) is 11.0. The fraction of sp³-hybridized carbons (Fsp3) is 0.348. The normalized spacial score (nSPS) is 17.2. The molecule has 2 aliphatic heterocycles. The van der Waals surface area contributed by atoms with Gasteiger partial charge in [-0.2, -0.15) is 0 Å². The second kappa shape index (κ2) is 10.1. The molecule has 2 aromatic carbocycles. The molecule has 0 unspecified atom stereocenters. The average Bonchev–Trinajstić information content (AvgIpc) is 2.76. The van der Waals surface area contributed by atoms with Gasteiger partial charge >= 0.3 is 0 Å². The smallest absolute Gasteiger partial charge is 0.238 e. The lowest BCUT2D eigenvalue weighted by atomic mass is 10.2. The number of nitrogens with zero attached hydrogens (tertiary/aromatic N) is 2. The van der Waals surface area contributed by atoms with Gasteiger partial charge in [0.2, 0.25) is 5.91 Å². The lowest BCUT2D eigenvalue weighted by Crippen LogP contribution is -2.48. The summed E-state index contributed by atoms with van der Waals surface area (Å²) >= 11 is 3.50. The highest BCUT2D eigenvalue weighted by atomic mass is 79.9. The Morgan fingerprint density at radius 2 is 1.67 bits per heavy atom. The second-order valence-electron chi connectivity index (χ2n) is 7.41. The second-order valence-corrected chi connectivity index (χ2v) is 8.27. The SMILES string of the molecule is O=C(CN1CCN(C/C=C/c2ccccc2)CC1)Nc1cc2c(cc1Br)OCCO2. The van der Waals surface area contributed by atoms with Crippen LogP contribution in [0.15, 0.2) is 53.0 Å². The van der Waals surface area contributed by atoms with Crippen molar-refractivity contribution in [1.82, 2.24) is 9.80 Å². The maximum Gasteiger partial charge on any atom is 0.238 e. The largest absolute Gasteiger partial charge is 0.486 e. The lowest BCUT2D eigenvalue weighted by Gasteiger charge is -2.33. The van der Waals surface area contributed by atoms with Crippen molar-refractivity contribution >= 4 is 33.6 Å². The number of carbonyl (C=O) groups excluding carboxylic acids is 1. The summed E-state index contributed by atoms with van der Waals surface area (Å²) in [4.78, 5) is 17.1. The van der Waals surface area contributed by atoms with Crippen LogP contribution in [-0.2, 0) is 4.79 Å². The van der Waals surface area contributed by atoms with Gasteiger partial charge in [-0.05, 0) is 21.5 Å². The van der Waals surface area contributed by atoms with Crippen LogP contribution in [0.2, 0.25) is 0 Å². The fourth-order valence-corrected chi connectivity index (χ4v) is 4.01. The number of carbonyl (C=O) groups is 1. The van der Waals surface area contributed by atoms with E-state index in [1.165, 1.54) is 5.56 Å². The summed E-state index contributed by atoms with van der Waals surface area (Å²) in [6.45, 7) is 6.06. The van der Waals surface area contributed by atoms with Gasteiger partial charge in [-0.25, -0.2) is 0 Å². The number of hydrogen-bond donors (Lipinski definition) is 1. The van der Waals surface area contributed by atoms with E-state index in [9.17, 15) is 4.79 Å². The van der Waals surface area contributed by atoms with Crippen LogP contribution in [0, 0.1) is 0 Å². The fourth-order valence-electron chi connectivity index (χ4n) is 3.58. The summed E-state index contributed by atoms with van der Waals surface area (Å²) in [5, 5.41) is 2.98. The molecule has 0 spiro atoms. The van der Waals surface area contributed by atoms with Crippen LogP contribution < -0.4 is 14.8 Å². The maximum absolute atomic E-state index is 12.5. The van der Waals surface area contributed by atoms with E-state index in [0.29, 0.717) is 36.9 Å². The van der Waals surface area contributed by atoms with Crippen LogP contribution in [0.4, 0.5) is 5.69 Å². The van der Waals surface area contributed by atoms with Gasteiger partial charge in [0.15, 0.2) is 11.5 Å². The minimum atomic E-state index is -0.0233. The molecule has 2 aromatic rings. The van der Waals surface area contributed by atoms with Crippen molar-refractivity contribution in [1.29, 1.82) is 0 Å². The number of ether oxygens (including phenoxy) is 2. The van der Waals surface area contributed by atoms with Gasteiger partial charge in [-0.1, -0.05) is 42.5 Å². The van der Waals surface area contributed by atoms with E-state index >= 15 is 0 Å². The number of fused-ring (bicyclic) bond motifs is 1.